The first-order valence-electron chi connectivity index (χ1n) is 25.5. The third kappa shape index (κ3) is 10.7. The molecule has 5 aromatic rings. The molecule has 0 saturated carbocycles. The number of anilines is 2. The van der Waals surface area contributed by atoms with E-state index in [4.69, 9.17) is 32.4 Å². The summed E-state index contributed by atoms with van der Waals surface area (Å²) in [6.07, 6.45) is -1.12. The molecule has 3 unspecified atom stereocenters. The predicted molar refractivity (Wildman–Crippen MR) is 303 cm³/mol. The van der Waals surface area contributed by atoms with Crippen LogP contribution < -0.4 is 29.8 Å². The van der Waals surface area contributed by atoms with E-state index in [0.29, 0.717) is 60.4 Å². The summed E-state index contributed by atoms with van der Waals surface area (Å²) in [7, 11) is -3.82. The number of ether oxygens (including phenoxy) is 1. The molecule has 25 heteroatoms. The number of thioether (sulfide) groups is 1. The van der Waals surface area contributed by atoms with Gasteiger partial charge in [-0.3, -0.25) is 23.9 Å². The first-order chi connectivity index (χ1) is 38.7. The van der Waals surface area contributed by atoms with Crippen LogP contribution in [0.2, 0.25) is 10.0 Å². The van der Waals surface area contributed by atoms with E-state index in [1.807, 2.05) is 108 Å². The second-order valence-electron chi connectivity index (χ2n) is 20.0. The maximum Gasteiger partial charge on any atom is 0.414 e. The van der Waals surface area contributed by atoms with E-state index in [-0.39, 0.29) is 53.8 Å². The molecule has 5 aliphatic heterocycles. The Morgan fingerprint density at radius 3 is 2.33 bits per heavy atom. The number of quaternary nitrogens is 1. The summed E-state index contributed by atoms with van der Waals surface area (Å²) in [4.78, 5) is 43.2. The van der Waals surface area contributed by atoms with Crippen molar-refractivity contribution < 1.29 is 64.3 Å². The molecule has 6 atom stereocenters. The number of nitrogens with one attached hydrogen (secondary N) is 2. The molecule has 420 valence electrons. The molecule has 5 heterocycles. The van der Waals surface area contributed by atoms with Crippen molar-refractivity contribution >= 4 is 101 Å². The monoisotopic (exact) mass is 1200 g/mol. The quantitative estimate of drug-likeness (QED) is 0.0338. The fraction of sp³-hybridized carbons (Fsp3) is 0.250. The van der Waals surface area contributed by atoms with Gasteiger partial charge >= 0.3 is 16.4 Å². The third-order valence-corrected chi connectivity index (χ3v) is 19.4. The van der Waals surface area contributed by atoms with Gasteiger partial charge in [0.15, 0.2) is 6.04 Å². The van der Waals surface area contributed by atoms with Crippen molar-refractivity contribution in [2.75, 3.05) is 44.9 Å². The number of halogens is 2. The lowest BCUT2D eigenvalue weighted by atomic mass is 9.93. The number of nitrogens with zero attached hydrogens (tertiary/aromatic N) is 5. The van der Waals surface area contributed by atoms with Gasteiger partial charge < -0.3 is 29.6 Å². The first-order valence-corrected chi connectivity index (χ1v) is 30.1. The Kier molecular flexibility index (Phi) is 15.3. The van der Waals surface area contributed by atoms with E-state index in [2.05, 4.69) is 9.60 Å². The zero-order valence-electron chi connectivity index (χ0n) is 43.5. The maximum absolute atomic E-state index is 14.9. The van der Waals surface area contributed by atoms with Crippen LogP contribution in [0, 0.1) is 0 Å². The summed E-state index contributed by atoms with van der Waals surface area (Å²) < 4.78 is 82.3. The predicted octanol–water partition coefficient (Wildman–Crippen LogP) is 5.69. The number of para-hydroxylation sites is 2. The summed E-state index contributed by atoms with van der Waals surface area (Å²) in [5, 5.41) is 26.4. The van der Waals surface area contributed by atoms with Gasteiger partial charge in [-0.05, 0) is 66.6 Å². The number of amides is 2. The fourth-order valence-electron chi connectivity index (χ4n) is 11.1. The van der Waals surface area contributed by atoms with Gasteiger partial charge in [0, 0.05) is 84.3 Å². The number of hydroxylamine groups is 2. The number of benzene rings is 6. The summed E-state index contributed by atoms with van der Waals surface area (Å²) >= 11 is 14.5. The molecule has 0 aromatic heterocycles. The zero-order chi connectivity index (χ0) is 57.2. The number of aliphatic carboxylic acids is 1. The molecule has 11 rings (SSSR count). The van der Waals surface area contributed by atoms with Crippen molar-refractivity contribution in [3.63, 3.8) is 0 Å². The van der Waals surface area contributed by atoms with Gasteiger partial charge in [-0.25, -0.2) is 13.2 Å². The molecule has 0 spiro atoms. The molecule has 6 aliphatic rings. The number of aliphatic hydroxyl groups excluding tert-OH is 1. The highest BCUT2D eigenvalue weighted by molar-refractivity contribution is 8.00. The Morgan fingerprint density at radius 2 is 1.60 bits per heavy atom. The summed E-state index contributed by atoms with van der Waals surface area (Å²) in [6, 6.07) is 37.5. The number of β-lactam (4-membered cyclic amide) rings is 1. The Labute approximate surface area is 479 Å². The van der Waals surface area contributed by atoms with Crippen LogP contribution >= 0.6 is 35.0 Å². The number of carbonyl (C=O) groups is 3. The molecular weight excluding hydrogens is 1150 g/mol. The van der Waals surface area contributed by atoms with Crippen LogP contribution in [-0.2, 0) is 45.6 Å². The van der Waals surface area contributed by atoms with Gasteiger partial charge in [0.2, 0.25) is 21.1 Å². The van der Waals surface area contributed by atoms with Crippen molar-refractivity contribution in [1.82, 2.24) is 24.2 Å². The molecule has 3 fully saturated rings. The number of carbonyl (C=O) groups excluding carboxylic acids is 2. The highest BCUT2D eigenvalue weighted by Crippen LogP contribution is 2.45. The number of hydrogen-bond acceptors (Lipinski definition) is 14. The summed E-state index contributed by atoms with van der Waals surface area (Å²) in [5.41, 5.74) is 5.30. The first kappa shape index (κ1) is 56.0. The Balaban J connectivity index is 0.810. The number of carboxylic acids is 1. The zero-order valence-corrected chi connectivity index (χ0v) is 47.4. The van der Waals surface area contributed by atoms with Crippen molar-refractivity contribution in [2.24, 2.45) is 0 Å². The molecule has 2 amide bonds. The Hall–Kier alpha value is -6.87. The van der Waals surface area contributed by atoms with E-state index in [1.54, 1.807) is 48.5 Å². The normalized spacial score (nSPS) is 21.5. The standard InChI is InChI=1S/C56H51Cl2N7O13S3/c1-60(28-32-16-21-37(22-17-32)76-30-33-31-79-54-50(53(67)64(54)51(33)55(68)69)59-52(66)45-25-20-36-29-63(45)56(70)65(36)78-81(73,74)75)80(71,72)48-15-9-4-10-40(48)49-38-23-18-34(61(2)43-13-7-5-11-41(43)57)26-46(38)77-47-27-35(19-24-39(47)49)62(3)44-14-8-6-12-42(44)58/h4-19,21-24,26-27,36,45,50,54,56,70H,20,25,28-31H2,1-3H3,(H2-,59,66,68,69,73,74,75)/p+2/t36-,45?,50+,54+,56?/m0/s1. The fourth-order valence-corrected chi connectivity index (χ4v) is 14.7. The number of fused-ring (bicyclic) bond motifs is 5. The van der Waals surface area contributed by atoms with Crippen LogP contribution in [0.5, 0.6) is 5.75 Å². The van der Waals surface area contributed by atoms with E-state index >= 15 is 0 Å². The molecule has 3 saturated heterocycles. The average Bonchev–Trinajstić information content (AvgIpc) is 3.82. The number of hydrogen-bond donors (Lipinski definition) is 5. The van der Waals surface area contributed by atoms with Crippen LogP contribution in [0.1, 0.15) is 18.4 Å². The van der Waals surface area contributed by atoms with Crippen LogP contribution in [0.15, 0.2) is 154 Å². The maximum atomic E-state index is 14.9. The second kappa shape index (κ2) is 22.1. The average molecular weight is 1200 g/mol. The lowest BCUT2D eigenvalue weighted by molar-refractivity contribution is -0.961. The third-order valence-electron chi connectivity index (χ3n) is 15.2. The second-order valence-corrected chi connectivity index (χ2v) is 24.9. The Morgan fingerprint density at radius 1 is 0.889 bits per heavy atom. The minimum atomic E-state index is -4.93. The van der Waals surface area contributed by atoms with E-state index < -0.39 is 68.1 Å². The molecule has 1 aliphatic carbocycles. The summed E-state index contributed by atoms with van der Waals surface area (Å²) in [5.74, 6) is -1.58. The number of aliphatic hydroxyl groups is 1. The van der Waals surface area contributed by atoms with Crippen LogP contribution in [0.3, 0.4) is 0 Å². The number of sulfonamides is 1. The lowest BCUT2D eigenvalue weighted by Gasteiger charge is -2.49. The lowest BCUT2D eigenvalue weighted by Crippen LogP contribution is -3.20. The topological polar surface area (TPSA) is 244 Å². The van der Waals surface area contributed by atoms with Crippen LogP contribution in [0.4, 0.5) is 17.1 Å². The van der Waals surface area contributed by atoms with Gasteiger partial charge in [0.25, 0.3) is 18.2 Å². The van der Waals surface area contributed by atoms with Crippen molar-refractivity contribution in [1.29, 1.82) is 0 Å². The van der Waals surface area contributed by atoms with E-state index in [9.17, 15) is 46.0 Å². The Bertz CT molecular complexity index is 4000. The molecule has 5 N–H and O–H groups in total. The molecule has 81 heavy (non-hydrogen) atoms. The number of carboxylic acid groups (broad SMARTS) is 1. The smallest absolute Gasteiger partial charge is 0.414 e. The van der Waals surface area contributed by atoms with Crippen molar-refractivity contribution in [3.8, 4) is 28.2 Å². The minimum absolute atomic E-state index is 0.0265. The molecule has 5 aromatic carbocycles. The number of rotatable bonds is 16. The van der Waals surface area contributed by atoms with E-state index in [0.717, 1.165) is 32.4 Å². The van der Waals surface area contributed by atoms with Gasteiger partial charge in [-0.2, -0.15) is 17.3 Å². The SMILES string of the molecule is CN(c1ccc2c(-c3ccccc3S(=O)(=O)N(C)Cc3ccc(OCC4=C(C(=O)O)N5C(=O)[C@@H](NC(=O)C6CC[C@H]7C[NH+]6C(O)N7OS(=O)(=O)O)[C@H]5SC4)cc3)c3ccc(=[N+](C)c4ccccc4Cl)cc-3oc2c1)c1ccccc1Cl. The highest BCUT2D eigenvalue weighted by Gasteiger charge is 2.58. The molecule has 0 radical (unpaired) electrons. The van der Waals surface area contributed by atoms with Crippen molar-refractivity contribution in [3.05, 3.63) is 166 Å². The van der Waals surface area contributed by atoms with Gasteiger partial charge in [-0.15, -0.1) is 16.0 Å². The van der Waals surface area contributed by atoms with Crippen molar-refractivity contribution in [2.45, 2.75) is 54.1 Å². The minimum Gasteiger partial charge on any atom is -0.489 e. The number of piperidine rings is 1. The van der Waals surface area contributed by atoms with Gasteiger partial charge in [0.1, 0.15) is 52.9 Å². The molecule has 2 bridgehead atoms. The summed E-state index contributed by atoms with van der Waals surface area (Å²) in [6.45, 7) is -0.0854. The van der Waals surface area contributed by atoms with Crippen LogP contribution in [0.25, 0.3) is 33.4 Å². The van der Waals surface area contributed by atoms with Gasteiger partial charge in [0.05, 0.1) is 34.3 Å². The molecular formula is C56H53Cl2N7O13S3+2. The van der Waals surface area contributed by atoms with Crippen LogP contribution in [-0.4, -0.2) is 134 Å². The van der Waals surface area contributed by atoms with E-state index in [1.165, 1.54) is 23.1 Å². The highest BCUT2D eigenvalue weighted by atomic mass is 35.5. The van der Waals surface area contributed by atoms with Gasteiger partial charge in [-0.1, -0.05) is 82.9 Å². The molecule has 20 nitrogen and oxygen atoms in total. The largest absolute Gasteiger partial charge is 0.489 e.